The molecule has 0 aromatic heterocycles. The minimum atomic E-state index is 0.562. The number of aliphatic imine (C=N–C) groups is 1. The van der Waals surface area contributed by atoms with Crippen LogP contribution in [0.25, 0.3) is 0 Å². The van der Waals surface area contributed by atoms with Gasteiger partial charge in [0.2, 0.25) is 0 Å². The van der Waals surface area contributed by atoms with Crippen LogP contribution in [0.4, 0.5) is 0 Å². The van der Waals surface area contributed by atoms with Crippen molar-refractivity contribution in [2.75, 3.05) is 0 Å². The summed E-state index contributed by atoms with van der Waals surface area (Å²) in [6.45, 7) is 1.19. The summed E-state index contributed by atoms with van der Waals surface area (Å²) in [4.78, 5) is 4.48. The van der Waals surface area contributed by atoms with Crippen molar-refractivity contribution in [2.24, 2.45) is 4.99 Å². The lowest BCUT2D eigenvalue weighted by atomic mass is 10.2. The molecule has 0 saturated carbocycles. The largest absolute Gasteiger partial charge is 0.489 e. The van der Waals surface area contributed by atoms with Gasteiger partial charge in [-0.2, -0.15) is 0 Å². The fraction of sp³-hybridized carbons (Fsp3) is 0.0952. The Bertz CT molecular complexity index is 798. The van der Waals surface area contributed by atoms with Crippen LogP contribution >= 0.6 is 11.6 Å². The number of nitrogens with zero attached hydrogens (tertiary/aromatic N) is 1. The Labute approximate surface area is 147 Å². The van der Waals surface area contributed by atoms with Crippen LogP contribution in [0.3, 0.4) is 0 Å². The van der Waals surface area contributed by atoms with Gasteiger partial charge in [-0.05, 0) is 41.0 Å². The van der Waals surface area contributed by atoms with Crippen LogP contribution in [0.5, 0.6) is 5.75 Å². The summed E-state index contributed by atoms with van der Waals surface area (Å²) < 4.78 is 5.83. The summed E-state index contributed by atoms with van der Waals surface area (Å²) in [6, 6.07) is 25.8. The van der Waals surface area contributed by atoms with E-state index in [1.165, 1.54) is 0 Å². The molecule has 3 aromatic carbocycles. The summed E-state index contributed by atoms with van der Waals surface area (Å²) in [6.07, 6.45) is 1.87. The first kappa shape index (κ1) is 16.3. The molecular formula is C21H18ClNO. The lowest BCUT2D eigenvalue weighted by Gasteiger charge is -2.06. The van der Waals surface area contributed by atoms with Gasteiger partial charge in [0.1, 0.15) is 12.4 Å². The minimum Gasteiger partial charge on any atom is -0.489 e. The van der Waals surface area contributed by atoms with Crippen molar-refractivity contribution in [1.82, 2.24) is 0 Å². The van der Waals surface area contributed by atoms with Crippen LogP contribution in [0.2, 0.25) is 5.02 Å². The molecule has 0 atom stereocenters. The van der Waals surface area contributed by atoms with Crippen molar-refractivity contribution in [3.05, 3.63) is 101 Å². The van der Waals surface area contributed by atoms with Crippen molar-refractivity contribution >= 4 is 17.8 Å². The molecule has 0 N–H and O–H groups in total. The fourth-order valence-corrected chi connectivity index (χ4v) is 2.40. The molecule has 0 heterocycles. The predicted octanol–water partition coefficient (Wildman–Crippen LogP) is 5.54. The third-order valence-electron chi connectivity index (χ3n) is 3.53. The van der Waals surface area contributed by atoms with Gasteiger partial charge in [0.15, 0.2) is 0 Å². The highest BCUT2D eigenvalue weighted by atomic mass is 35.5. The highest BCUT2D eigenvalue weighted by Crippen LogP contribution is 2.15. The molecule has 24 heavy (non-hydrogen) atoms. The second kappa shape index (κ2) is 8.32. The van der Waals surface area contributed by atoms with Gasteiger partial charge < -0.3 is 4.74 Å². The molecule has 0 aliphatic rings. The maximum atomic E-state index is 5.88. The van der Waals surface area contributed by atoms with Crippen LogP contribution in [-0.2, 0) is 13.2 Å². The lowest BCUT2D eigenvalue weighted by Crippen LogP contribution is -1.95. The van der Waals surface area contributed by atoms with Crippen molar-refractivity contribution in [1.29, 1.82) is 0 Å². The van der Waals surface area contributed by atoms with Crippen molar-refractivity contribution < 1.29 is 4.74 Å². The molecule has 3 heteroatoms. The quantitative estimate of drug-likeness (QED) is 0.542. The zero-order chi connectivity index (χ0) is 16.6. The minimum absolute atomic E-state index is 0.562. The second-order valence-corrected chi connectivity index (χ2v) is 5.88. The van der Waals surface area contributed by atoms with E-state index in [0.717, 1.165) is 27.5 Å². The molecule has 0 bridgehead atoms. The molecule has 0 unspecified atom stereocenters. The smallest absolute Gasteiger partial charge is 0.120 e. The van der Waals surface area contributed by atoms with E-state index < -0.39 is 0 Å². The highest BCUT2D eigenvalue weighted by Gasteiger charge is 1.97. The normalized spacial score (nSPS) is 10.9. The summed E-state index contributed by atoms with van der Waals surface area (Å²) in [5.41, 5.74) is 3.31. The van der Waals surface area contributed by atoms with Gasteiger partial charge in [-0.3, -0.25) is 4.99 Å². The molecule has 3 rings (SSSR count). The zero-order valence-corrected chi connectivity index (χ0v) is 14.0. The fourth-order valence-electron chi connectivity index (χ4n) is 2.27. The van der Waals surface area contributed by atoms with E-state index in [1.807, 2.05) is 72.9 Å². The van der Waals surface area contributed by atoms with Crippen LogP contribution in [-0.4, -0.2) is 6.21 Å². The van der Waals surface area contributed by atoms with E-state index in [2.05, 4.69) is 17.1 Å². The van der Waals surface area contributed by atoms with Gasteiger partial charge in [0.05, 0.1) is 6.54 Å². The zero-order valence-electron chi connectivity index (χ0n) is 13.2. The maximum absolute atomic E-state index is 5.88. The second-order valence-electron chi connectivity index (χ2n) is 5.44. The van der Waals surface area contributed by atoms with E-state index in [4.69, 9.17) is 16.3 Å². The van der Waals surface area contributed by atoms with Gasteiger partial charge in [-0.25, -0.2) is 0 Å². The molecule has 0 aliphatic carbocycles. The van der Waals surface area contributed by atoms with Crippen LogP contribution in [0.15, 0.2) is 83.9 Å². The standard InChI is InChI=1S/C21H18ClNO/c22-20-11-9-17(10-12-20)14-23-15-19-7-4-8-21(13-19)24-16-18-5-2-1-3-6-18/h1-13,15H,14,16H2. The highest BCUT2D eigenvalue weighted by molar-refractivity contribution is 6.30. The third kappa shape index (κ3) is 4.97. The van der Waals surface area contributed by atoms with Crippen LogP contribution < -0.4 is 4.74 Å². The number of halogens is 1. The Balaban J connectivity index is 1.58. The first-order valence-corrected chi connectivity index (χ1v) is 8.18. The Kier molecular flexibility index (Phi) is 5.65. The number of benzene rings is 3. The molecule has 0 amide bonds. The molecular weight excluding hydrogens is 318 g/mol. The Morgan fingerprint density at radius 2 is 1.62 bits per heavy atom. The van der Waals surface area contributed by atoms with Crippen molar-refractivity contribution in [3.63, 3.8) is 0 Å². The third-order valence-corrected chi connectivity index (χ3v) is 3.79. The SMILES string of the molecule is Clc1ccc(CN=Cc2cccc(OCc3ccccc3)c2)cc1. The topological polar surface area (TPSA) is 21.6 Å². The summed E-state index contributed by atoms with van der Waals surface area (Å²) >= 11 is 5.88. The monoisotopic (exact) mass is 335 g/mol. The molecule has 0 fully saturated rings. The maximum Gasteiger partial charge on any atom is 0.120 e. The Morgan fingerprint density at radius 1 is 0.833 bits per heavy atom. The molecule has 120 valence electrons. The lowest BCUT2D eigenvalue weighted by molar-refractivity contribution is 0.306. The van der Waals surface area contributed by atoms with Gasteiger partial charge in [0, 0.05) is 11.2 Å². The van der Waals surface area contributed by atoms with E-state index in [-0.39, 0.29) is 0 Å². The summed E-state index contributed by atoms with van der Waals surface area (Å²) in [5.74, 6) is 0.842. The van der Waals surface area contributed by atoms with E-state index in [0.29, 0.717) is 13.2 Å². The molecule has 0 saturated heterocycles. The van der Waals surface area contributed by atoms with Crippen LogP contribution in [0, 0.1) is 0 Å². The summed E-state index contributed by atoms with van der Waals surface area (Å²) in [5, 5.41) is 0.742. The van der Waals surface area contributed by atoms with Crippen LogP contribution in [0.1, 0.15) is 16.7 Å². The molecule has 0 spiro atoms. The van der Waals surface area contributed by atoms with Crippen molar-refractivity contribution in [3.8, 4) is 5.75 Å². The first-order chi connectivity index (χ1) is 11.8. The van der Waals surface area contributed by atoms with Gasteiger partial charge >= 0.3 is 0 Å². The first-order valence-electron chi connectivity index (χ1n) is 7.81. The van der Waals surface area contributed by atoms with Gasteiger partial charge in [-0.15, -0.1) is 0 Å². The molecule has 2 nitrogen and oxygen atoms in total. The van der Waals surface area contributed by atoms with Crippen molar-refractivity contribution in [2.45, 2.75) is 13.2 Å². The molecule has 0 radical (unpaired) electrons. The Hall–Kier alpha value is -2.58. The average Bonchev–Trinajstić information content (AvgIpc) is 2.63. The Morgan fingerprint density at radius 3 is 2.42 bits per heavy atom. The van der Waals surface area contributed by atoms with E-state index in [1.54, 1.807) is 0 Å². The molecule has 3 aromatic rings. The van der Waals surface area contributed by atoms with Gasteiger partial charge in [0.25, 0.3) is 0 Å². The number of ether oxygens (including phenoxy) is 1. The van der Waals surface area contributed by atoms with Gasteiger partial charge in [-0.1, -0.05) is 66.2 Å². The number of hydrogen-bond acceptors (Lipinski definition) is 2. The molecule has 0 aliphatic heterocycles. The van der Waals surface area contributed by atoms with E-state index in [9.17, 15) is 0 Å². The predicted molar refractivity (Wildman–Crippen MR) is 100.0 cm³/mol. The summed E-state index contributed by atoms with van der Waals surface area (Å²) in [7, 11) is 0. The number of rotatable bonds is 6. The van der Waals surface area contributed by atoms with E-state index >= 15 is 0 Å². The number of hydrogen-bond donors (Lipinski definition) is 0. The average molecular weight is 336 g/mol.